The smallest absolute Gasteiger partial charge is 0.335 e. The molecule has 2 aromatic heterocycles. The van der Waals surface area contributed by atoms with E-state index in [1.807, 2.05) is 5.38 Å². The van der Waals surface area contributed by atoms with Gasteiger partial charge in [0.15, 0.2) is 0 Å². The highest BCUT2D eigenvalue weighted by Gasteiger charge is 2.28. The predicted octanol–water partition coefficient (Wildman–Crippen LogP) is 3.41. The summed E-state index contributed by atoms with van der Waals surface area (Å²) in [6, 6.07) is 8.46. The molecule has 25 heavy (non-hydrogen) atoms. The summed E-state index contributed by atoms with van der Waals surface area (Å²) in [5.41, 5.74) is 2.99. The number of amides is 1. The number of hydrogen-bond donors (Lipinski definition) is 2. The van der Waals surface area contributed by atoms with Crippen molar-refractivity contribution < 1.29 is 14.7 Å². The third-order valence-corrected chi connectivity index (χ3v) is 5.91. The number of nitrogens with zero attached hydrogens (tertiary/aromatic N) is 2. The van der Waals surface area contributed by atoms with Gasteiger partial charge in [0.25, 0.3) is 0 Å². The van der Waals surface area contributed by atoms with Gasteiger partial charge in [-0.3, -0.25) is 4.79 Å². The van der Waals surface area contributed by atoms with E-state index in [1.54, 1.807) is 46.1 Å². The van der Waals surface area contributed by atoms with Crippen molar-refractivity contribution in [3.63, 3.8) is 0 Å². The fourth-order valence-electron chi connectivity index (χ4n) is 2.74. The Morgan fingerprint density at radius 2 is 2.08 bits per heavy atom. The second-order valence-electron chi connectivity index (χ2n) is 5.51. The van der Waals surface area contributed by atoms with Crippen molar-refractivity contribution in [3.8, 4) is 5.69 Å². The van der Waals surface area contributed by atoms with Gasteiger partial charge in [-0.15, -0.1) is 11.8 Å². The standard InChI is InChI=1S/C17H13N3O3S2/c21-14-9-25-15(11-5-6-24-8-11)13-7-18-20(16(13)19-14)12-3-1-10(2-4-12)17(22)23/h1-8,15H,9H2,(H,19,21)(H,22,23)/t15-/m0/s1. The number of carbonyl (C=O) groups is 2. The van der Waals surface area contributed by atoms with Crippen LogP contribution in [0.5, 0.6) is 0 Å². The Bertz CT molecular complexity index is 933. The number of thioether (sulfide) groups is 1. The quantitative estimate of drug-likeness (QED) is 0.737. The molecule has 0 radical (unpaired) electrons. The first-order chi connectivity index (χ1) is 12.1. The van der Waals surface area contributed by atoms with Crippen molar-refractivity contribution >= 4 is 40.8 Å². The average Bonchev–Trinajstić information content (AvgIpc) is 3.24. The summed E-state index contributed by atoms with van der Waals surface area (Å²) in [6.45, 7) is 0. The monoisotopic (exact) mass is 371 g/mol. The molecule has 1 aliphatic rings. The van der Waals surface area contributed by atoms with Gasteiger partial charge in [-0.1, -0.05) is 0 Å². The van der Waals surface area contributed by atoms with Gasteiger partial charge in [-0.2, -0.15) is 16.4 Å². The largest absolute Gasteiger partial charge is 0.478 e. The summed E-state index contributed by atoms with van der Waals surface area (Å²) >= 11 is 3.19. The van der Waals surface area contributed by atoms with Gasteiger partial charge >= 0.3 is 5.97 Å². The second-order valence-corrected chi connectivity index (χ2v) is 7.38. The molecule has 1 atom stereocenters. The van der Waals surface area contributed by atoms with E-state index < -0.39 is 5.97 Å². The lowest BCUT2D eigenvalue weighted by atomic mass is 10.1. The van der Waals surface area contributed by atoms with Crippen molar-refractivity contribution in [1.29, 1.82) is 0 Å². The number of benzene rings is 1. The Kier molecular flexibility index (Phi) is 4.06. The molecule has 0 saturated carbocycles. The molecule has 1 aromatic carbocycles. The van der Waals surface area contributed by atoms with Crippen LogP contribution >= 0.6 is 23.1 Å². The fraction of sp³-hybridized carbons (Fsp3) is 0.118. The summed E-state index contributed by atoms with van der Waals surface area (Å²) in [6.07, 6.45) is 1.77. The second kappa shape index (κ2) is 6.38. The molecule has 8 heteroatoms. The van der Waals surface area contributed by atoms with Gasteiger partial charge in [-0.05, 0) is 46.7 Å². The Morgan fingerprint density at radius 1 is 1.28 bits per heavy atom. The summed E-state index contributed by atoms with van der Waals surface area (Å²) in [5.74, 6) is -0.0529. The lowest BCUT2D eigenvalue weighted by Crippen LogP contribution is -2.15. The zero-order valence-corrected chi connectivity index (χ0v) is 14.5. The van der Waals surface area contributed by atoms with Crippen molar-refractivity contribution in [2.75, 3.05) is 11.1 Å². The van der Waals surface area contributed by atoms with E-state index in [2.05, 4.69) is 21.9 Å². The molecule has 6 nitrogen and oxygen atoms in total. The number of carboxylic acid groups (broad SMARTS) is 1. The molecule has 1 amide bonds. The lowest BCUT2D eigenvalue weighted by Gasteiger charge is -2.12. The van der Waals surface area contributed by atoms with Crippen LogP contribution in [0.25, 0.3) is 5.69 Å². The first kappa shape index (κ1) is 15.9. The number of thiophene rings is 1. The van der Waals surface area contributed by atoms with E-state index in [0.29, 0.717) is 17.3 Å². The third-order valence-electron chi connectivity index (χ3n) is 3.92. The molecular formula is C17H13N3O3S2. The maximum atomic E-state index is 12.1. The Morgan fingerprint density at radius 3 is 2.76 bits per heavy atom. The highest BCUT2D eigenvalue weighted by Crippen LogP contribution is 2.42. The van der Waals surface area contributed by atoms with Crippen LogP contribution in [0.1, 0.15) is 26.7 Å². The zero-order valence-electron chi connectivity index (χ0n) is 12.9. The van der Waals surface area contributed by atoms with E-state index in [-0.39, 0.29) is 16.7 Å². The van der Waals surface area contributed by atoms with Gasteiger partial charge in [0, 0.05) is 5.56 Å². The summed E-state index contributed by atoms with van der Waals surface area (Å²) in [4.78, 5) is 23.2. The molecule has 0 fully saturated rings. The van der Waals surface area contributed by atoms with Crippen LogP contribution in [0.2, 0.25) is 0 Å². The molecule has 4 rings (SSSR count). The minimum atomic E-state index is -0.979. The van der Waals surface area contributed by atoms with Gasteiger partial charge in [0.05, 0.1) is 28.5 Å². The van der Waals surface area contributed by atoms with E-state index >= 15 is 0 Å². The molecule has 0 spiro atoms. The van der Waals surface area contributed by atoms with E-state index in [4.69, 9.17) is 5.11 Å². The number of anilines is 1. The van der Waals surface area contributed by atoms with Crippen LogP contribution in [0.15, 0.2) is 47.3 Å². The van der Waals surface area contributed by atoms with E-state index in [9.17, 15) is 9.59 Å². The number of carbonyl (C=O) groups excluding carboxylic acids is 1. The third kappa shape index (κ3) is 2.94. The zero-order chi connectivity index (χ0) is 17.4. The highest BCUT2D eigenvalue weighted by atomic mass is 32.2. The van der Waals surface area contributed by atoms with Gasteiger partial charge < -0.3 is 10.4 Å². The normalized spacial score (nSPS) is 16.8. The number of aromatic nitrogens is 2. The molecule has 126 valence electrons. The molecular weight excluding hydrogens is 358 g/mol. The minimum absolute atomic E-state index is 0.0345. The average molecular weight is 371 g/mol. The maximum absolute atomic E-state index is 12.1. The number of rotatable bonds is 3. The number of fused-ring (bicyclic) bond motifs is 1. The van der Waals surface area contributed by atoms with E-state index in [1.165, 1.54) is 12.1 Å². The highest BCUT2D eigenvalue weighted by molar-refractivity contribution is 8.00. The first-order valence-corrected chi connectivity index (χ1v) is 9.48. The van der Waals surface area contributed by atoms with Gasteiger partial charge in [0.1, 0.15) is 5.82 Å². The Hall–Kier alpha value is -2.58. The molecule has 1 aliphatic heterocycles. The number of aromatic carboxylic acids is 1. The molecule has 0 unspecified atom stereocenters. The first-order valence-electron chi connectivity index (χ1n) is 7.48. The molecule has 3 aromatic rings. The number of nitrogens with one attached hydrogen (secondary N) is 1. The van der Waals surface area contributed by atoms with Gasteiger partial charge in [0.2, 0.25) is 5.91 Å². The van der Waals surface area contributed by atoms with Crippen LogP contribution in [-0.2, 0) is 4.79 Å². The van der Waals surface area contributed by atoms with Crippen molar-refractivity contribution in [2.45, 2.75) is 5.25 Å². The summed E-state index contributed by atoms with van der Waals surface area (Å²) in [5, 5.41) is 20.5. The SMILES string of the molecule is O=C1CS[C@@H](c2ccsc2)c2cnn(-c3ccc(C(=O)O)cc3)c2N1. The molecule has 3 heterocycles. The molecule has 0 bridgehead atoms. The van der Waals surface area contributed by atoms with Gasteiger partial charge in [-0.25, -0.2) is 9.48 Å². The Labute approximate surface area is 151 Å². The lowest BCUT2D eigenvalue weighted by molar-refractivity contribution is -0.113. The van der Waals surface area contributed by atoms with Crippen LogP contribution in [0, 0.1) is 0 Å². The topological polar surface area (TPSA) is 84.2 Å². The number of carboxylic acids is 1. The van der Waals surface area contributed by atoms with Crippen LogP contribution in [0.3, 0.4) is 0 Å². The molecule has 0 aliphatic carbocycles. The number of hydrogen-bond acceptors (Lipinski definition) is 5. The predicted molar refractivity (Wildman–Crippen MR) is 97.8 cm³/mol. The van der Waals surface area contributed by atoms with Crippen LogP contribution in [0.4, 0.5) is 5.82 Å². The summed E-state index contributed by atoms with van der Waals surface area (Å²) < 4.78 is 1.64. The van der Waals surface area contributed by atoms with E-state index in [0.717, 1.165) is 11.1 Å². The minimum Gasteiger partial charge on any atom is -0.478 e. The van der Waals surface area contributed by atoms with Crippen molar-refractivity contribution in [2.24, 2.45) is 0 Å². The van der Waals surface area contributed by atoms with Crippen molar-refractivity contribution in [3.05, 3.63) is 64.0 Å². The maximum Gasteiger partial charge on any atom is 0.335 e. The molecule has 0 saturated heterocycles. The summed E-state index contributed by atoms with van der Waals surface area (Å²) in [7, 11) is 0. The van der Waals surface area contributed by atoms with Crippen molar-refractivity contribution in [1.82, 2.24) is 9.78 Å². The molecule has 2 N–H and O–H groups in total. The Balaban J connectivity index is 1.79. The van der Waals surface area contributed by atoms with Crippen LogP contribution < -0.4 is 5.32 Å². The fourth-order valence-corrected chi connectivity index (χ4v) is 4.59. The van der Waals surface area contributed by atoms with Crippen LogP contribution in [-0.4, -0.2) is 32.5 Å².